The van der Waals surface area contributed by atoms with Crippen molar-refractivity contribution in [2.45, 2.75) is 120 Å². The van der Waals surface area contributed by atoms with E-state index in [9.17, 15) is 21.6 Å². The summed E-state index contributed by atoms with van der Waals surface area (Å²) in [5.41, 5.74) is 3.08. The second-order valence-electron chi connectivity index (χ2n) is 17.8. The topological polar surface area (TPSA) is 169 Å². The lowest BCUT2D eigenvalue weighted by Crippen LogP contribution is -2.25. The average Bonchev–Trinajstić information content (AvgIpc) is 3.52. The summed E-state index contributed by atoms with van der Waals surface area (Å²) >= 11 is 0. The normalized spacial score (nSPS) is 17.7. The molecule has 58 heavy (non-hydrogen) atoms. The lowest BCUT2D eigenvalue weighted by Gasteiger charge is -2.26. The van der Waals surface area contributed by atoms with Crippen molar-refractivity contribution in [3.05, 3.63) is 66.0 Å². The van der Waals surface area contributed by atoms with Crippen LogP contribution in [0.1, 0.15) is 102 Å². The van der Waals surface area contributed by atoms with Gasteiger partial charge in [0.25, 0.3) is 25.0 Å². The molecule has 8 rings (SSSR count). The second-order valence-corrected chi connectivity index (χ2v) is 22.2. The van der Waals surface area contributed by atoms with Crippen molar-refractivity contribution in [3.63, 3.8) is 0 Å². The molecule has 314 valence electrons. The molecule has 5 heterocycles. The zero-order valence-corrected chi connectivity index (χ0v) is 36.5. The Hall–Kier alpha value is -3.83. The molecule has 0 spiro atoms. The number of halogens is 1. The van der Waals surface area contributed by atoms with Gasteiger partial charge in [-0.2, -0.15) is 17.6 Å². The molecule has 1 aliphatic carbocycles. The molecule has 0 bridgehead atoms. The first kappa shape index (κ1) is 42.3. The Morgan fingerprint density at radius 2 is 1.21 bits per heavy atom. The van der Waals surface area contributed by atoms with E-state index in [4.69, 9.17) is 30.1 Å². The summed E-state index contributed by atoms with van der Waals surface area (Å²) in [6.45, 7) is 17.6. The Balaban J connectivity index is 0.000000188. The Morgan fingerprint density at radius 3 is 1.66 bits per heavy atom. The van der Waals surface area contributed by atoms with E-state index in [1.165, 1.54) is 12.4 Å². The van der Waals surface area contributed by atoms with Crippen LogP contribution in [-0.4, -0.2) is 83.5 Å². The average molecular weight is 857 g/mol. The molecule has 3 aliphatic rings. The number of hydrogen-bond donors (Lipinski definition) is 1. The first-order valence-corrected chi connectivity index (χ1v) is 23.8. The van der Waals surface area contributed by atoms with Gasteiger partial charge in [-0.1, -0.05) is 41.5 Å². The summed E-state index contributed by atoms with van der Waals surface area (Å²) in [5, 5.41) is 6.81. The molecule has 1 amide bonds. The van der Waals surface area contributed by atoms with Crippen LogP contribution in [0.4, 0.5) is 0 Å². The monoisotopic (exact) mass is 855 g/mol. The maximum Gasteiger partial charge on any atom is 0.283 e. The van der Waals surface area contributed by atoms with Crippen LogP contribution in [0.25, 0.3) is 22.1 Å². The molecular formula is C41H54ClN7O7S2. The summed E-state index contributed by atoms with van der Waals surface area (Å²) in [6.07, 6.45) is 8.55. The van der Waals surface area contributed by atoms with Crippen LogP contribution < -0.4 is 5.32 Å². The van der Waals surface area contributed by atoms with E-state index >= 15 is 0 Å². The number of aromatic nitrogens is 6. The Morgan fingerprint density at radius 1 is 0.741 bits per heavy atom. The number of benzene rings is 2. The van der Waals surface area contributed by atoms with Crippen molar-refractivity contribution < 1.29 is 31.1 Å². The molecular weight excluding hydrogens is 802 g/mol. The Kier molecular flexibility index (Phi) is 11.9. The molecule has 17 heteroatoms. The number of hydrogen-bond acceptors (Lipinski definition) is 10. The maximum atomic E-state index is 13.3. The molecule has 2 aliphatic heterocycles. The highest BCUT2D eigenvalue weighted by molar-refractivity contribution is 8.13. The van der Waals surface area contributed by atoms with Gasteiger partial charge in [-0.3, -0.25) is 4.79 Å². The van der Waals surface area contributed by atoms with E-state index in [1.807, 2.05) is 12.1 Å². The van der Waals surface area contributed by atoms with Crippen LogP contribution in [-0.2, 0) is 52.5 Å². The molecule has 5 aromatic rings. The Bertz CT molecular complexity index is 2520. The van der Waals surface area contributed by atoms with Gasteiger partial charge >= 0.3 is 0 Å². The van der Waals surface area contributed by atoms with Crippen LogP contribution in [0.2, 0.25) is 0 Å². The van der Waals surface area contributed by atoms with E-state index in [0.29, 0.717) is 22.9 Å². The first-order valence-electron chi connectivity index (χ1n) is 20.0. The van der Waals surface area contributed by atoms with Gasteiger partial charge < -0.3 is 23.9 Å². The molecule has 3 fully saturated rings. The maximum absolute atomic E-state index is 13.3. The Labute approximate surface area is 345 Å². The van der Waals surface area contributed by atoms with E-state index in [1.54, 1.807) is 24.3 Å². The van der Waals surface area contributed by atoms with Gasteiger partial charge in [0.2, 0.25) is 0 Å². The van der Waals surface area contributed by atoms with Crippen molar-refractivity contribution in [2.24, 2.45) is 11.8 Å². The minimum atomic E-state index is -3.96. The van der Waals surface area contributed by atoms with Crippen LogP contribution in [0.15, 0.2) is 58.6 Å². The molecule has 2 aromatic carbocycles. The van der Waals surface area contributed by atoms with Gasteiger partial charge in [0, 0.05) is 67.1 Å². The van der Waals surface area contributed by atoms with Crippen LogP contribution >= 0.6 is 10.7 Å². The van der Waals surface area contributed by atoms with Crippen molar-refractivity contribution in [2.75, 3.05) is 26.4 Å². The van der Waals surface area contributed by atoms with Crippen molar-refractivity contribution in [1.82, 2.24) is 33.6 Å². The number of nitrogens with one attached hydrogen (secondary N) is 1. The van der Waals surface area contributed by atoms with E-state index < -0.39 is 19.1 Å². The number of imidazole rings is 2. The lowest BCUT2D eigenvalue weighted by molar-refractivity contribution is 0.0610. The number of amides is 1. The SMILES string of the molecule is CC(C)(C)c1nc2cc(S(=O)(=O)Cl)ccc2n1CC1CCOCC1.CC(C)(C)c1nc2cc(S(=O)(=O)n3cc(C(=O)NC4CC4)cn3)ccc2n1CC1CCOCC1. The largest absolute Gasteiger partial charge is 0.381 e. The zero-order valence-electron chi connectivity index (χ0n) is 34.1. The molecule has 1 N–H and O–H groups in total. The third kappa shape index (κ3) is 9.46. The van der Waals surface area contributed by atoms with Crippen molar-refractivity contribution in [1.29, 1.82) is 0 Å². The molecule has 0 radical (unpaired) electrons. The minimum Gasteiger partial charge on any atom is -0.381 e. The minimum absolute atomic E-state index is 0.0906. The van der Waals surface area contributed by atoms with Crippen LogP contribution in [0, 0.1) is 11.8 Å². The summed E-state index contributed by atoms with van der Waals surface area (Å²) in [6, 6.07) is 10.1. The standard InChI is InChI=1S/C24H31N5O4S.C17H23ClN2O3S/c1-24(2,3)23-27-20-12-19(6-7-21(20)28(23)14-16-8-10-33-11-9-16)34(31,32)29-15-17(13-25-29)22(30)26-18-4-5-18;1-17(2,3)16-19-14-10-13(24(18,21)22)4-5-15(14)20(16)11-12-6-8-23-9-7-12/h6-7,12-13,15-16,18H,4-5,8-11,14H2,1-3H3,(H,26,30);4-5,10,12H,6-9,11H2,1-3H3. The fourth-order valence-corrected chi connectivity index (χ4v) is 9.49. The summed E-state index contributed by atoms with van der Waals surface area (Å²) < 4.78 is 66.0. The second kappa shape index (κ2) is 16.3. The van der Waals surface area contributed by atoms with Gasteiger partial charge in [-0.15, -0.1) is 0 Å². The smallest absolute Gasteiger partial charge is 0.283 e. The first-order chi connectivity index (χ1) is 27.3. The highest BCUT2D eigenvalue weighted by Crippen LogP contribution is 2.33. The summed E-state index contributed by atoms with van der Waals surface area (Å²) in [7, 11) is -2.24. The molecule has 2 saturated heterocycles. The van der Waals surface area contributed by atoms with E-state index in [0.717, 1.165) is 105 Å². The van der Waals surface area contributed by atoms with Crippen molar-refractivity contribution >= 4 is 57.7 Å². The molecule has 0 unspecified atom stereocenters. The third-order valence-corrected chi connectivity index (χ3v) is 13.8. The molecule has 1 saturated carbocycles. The zero-order chi connectivity index (χ0) is 41.6. The van der Waals surface area contributed by atoms with Crippen LogP contribution in [0.3, 0.4) is 0 Å². The predicted molar refractivity (Wildman–Crippen MR) is 222 cm³/mol. The summed E-state index contributed by atoms with van der Waals surface area (Å²) in [4.78, 5) is 22.0. The van der Waals surface area contributed by atoms with Crippen LogP contribution in [0.5, 0.6) is 0 Å². The van der Waals surface area contributed by atoms with Gasteiger partial charge in [0.15, 0.2) is 0 Å². The third-order valence-electron chi connectivity index (χ3n) is 10.9. The number of carbonyl (C=O) groups excluding carboxylic acids is 1. The van der Waals surface area contributed by atoms with E-state index in [-0.39, 0.29) is 38.1 Å². The number of nitrogens with zero attached hydrogens (tertiary/aromatic N) is 6. The van der Waals surface area contributed by atoms with Crippen molar-refractivity contribution in [3.8, 4) is 0 Å². The van der Waals surface area contributed by atoms with Gasteiger partial charge in [0.05, 0.1) is 49.8 Å². The van der Waals surface area contributed by atoms with Gasteiger partial charge in [-0.05, 0) is 86.8 Å². The predicted octanol–water partition coefficient (Wildman–Crippen LogP) is 6.77. The highest BCUT2D eigenvalue weighted by Gasteiger charge is 2.30. The summed E-state index contributed by atoms with van der Waals surface area (Å²) in [5.74, 6) is 2.64. The molecule has 14 nitrogen and oxygen atoms in total. The molecule has 0 atom stereocenters. The number of rotatable bonds is 9. The fourth-order valence-electron chi connectivity index (χ4n) is 7.58. The number of ether oxygens (including phenoxy) is 2. The highest BCUT2D eigenvalue weighted by atomic mass is 35.7. The van der Waals surface area contributed by atoms with E-state index in [2.05, 4.69) is 61.1 Å². The van der Waals surface area contributed by atoms with Gasteiger partial charge in [-0.25, -0.2) is 18.4 Å². The molecule has 3 aromatic heterocycles. The fraction of sp³-hybridized carbons (Fsp3) is 0.561. The quantitative estimate of drug-likeness (QED) is 0.156. The van der Waals surface area contributed by atoms with Gasteiger partial charge in [0.1, 0.15) is 11.6 Å². The lowest BCUT2D eigenvalue weighted by atomic mass is 9.94. The number of fused-ring (bicyclic) bond motifs is 2. The number of carbonyl (C=O) groups is 1.